The molecule has 0 fully saturated rings. The van der Waals surface area contributed by atoms with Crippen LogP contribution in [0.5, 0.6) is 0 Å². The van der Waals surface area contributed by atoms with Gasteiger partial charge in [0.05, 0.1) is 29.3 Å². The van der Waals surface area contributed by atoms with Crippen molar-refractivity contribution in [2.24, 2.45) is 18.0 Å². The van der Waals surface area contributed by atoms with Crippen molar-refractivity contribution in [3.05, 3.63) is 59.4 Å². The van der Waals surface area contributed by atoms with Crippen LogP contribution in [0.4, 0.5) is 4.39 Å². The first-order valence-electron chi connectivity index (χ1n) is 8.20. The monoisotopic (exact) mass is 351 g/mol. The van der Waals surface area contributed by atoms with E-state index in [1.165, 1.54) is 6.07 Å². The zero-order chi connectivity index (χ0) is 18.4. The Labute approximate surface area is 148 Å². The molecule has 0 aliphatic rings. The van der Waals surface area contributed by atoms with Crippen LogP contribution in [0.1, 0.15) is 36.7 Å². The van der Waals surface area contributed by atoms with Gasteiger partial charge in [-0.2, -0.15) is 15.3 Å². The van der Waals surface area contributed by atoms with Gasteiger partial charge in [0.15, 0.2) is 5.65 Å². The molecular formula is C18H18FN7. The molecule has 2 N–H and O–H groups in total. The normalized spacial score (nSPS) is 13.6. The van der Waals surface area contributed by atoms with Crippen LogP contribution in [0, 0.1) is 5.82 Å². The summed E-state index contributed by atoms with van der Waals surface area (Å²) < 4.78 is 18.1. The third-order valence-corrected chi connectivity index (χ3v) is 4.73. The zero-order valence-electron chi connectivity index (χ0n) is 14.7. The molecule has 0 radical (unpaired) electrons. The minimum absolute atomic E-state index is 0.243. The third-order valence-electron chi connectivity index (χ3n) is 4.73. The molecule has 26 heavy (non-hydrogen) atoms. The molecule has 0 aliphatic heterocycles. The van der Waals surface area contributed by atoms with Crippen molar-refractivity contribution >= 4 is 22.3 Å². The van der Waals surface area contributed by atoms with Crippen LogP contribution in [0.2, 0.25) is 0 Å². The molecule has 0 aliphatic carbocycles. The van der Waals surface area contributed by atoms with Crippen molar-refractivity contribution in [3.8, 4) is 0 Å². The molecule has 4 aromatic rings. The van der Waals surface area contributed by atoms with Crippen molar-refractivity contribution < 1.29 is 4.39 Å². The van der Waals surface area contributed by atoms with E-state index in [-0.39, 0.29) is 11.7 Å². The number of hydrogen-bond donors (Lipinski definition) is 1. The maximum Gasteiger partial charge on any atom is 0.153 e. The number of aryl methyl sites for hydroxylation is 1. The van der Waals surface area contributed by atoms with Gasteiger partial charge >= 0.3 is 0 Å². The summed E-state index contributed by atoms with van der Waals surface area (Å²) in [4.78, 5) is 4.38. The van der Waals surface area contributed by atoms with E-state index < -0.39 is 0 Å². The Morgan fingerprint density at radius 2 is 2.08 bits per heavy atom. The molecule has 0 saturated heterocycles. The maximum atomic E-state index is 14.8. The smallest absolute Gasteiger partial charge is 0.153 e. The molecule has 0 saturated carbocycles. The lowest BCUT2D eigenvalue weighted by Crippen LogP contribution is -2.09. The number of hydrogen-bond acceptors (Lipinski definition) is 5. The highest BCUT2D eigenvalue weighted by Gasteiger charge is 2.20. The lowest BCUT2D eigenvalue weighted by Gasteiger charge is -2.13. The van der Waals surface area contributed by atoms with Gasteiger partial charge < -0.3 is 5.84 Å². The molecule has 3 heterocycles. The van der Waals surface area contributed by atoms with E-state index >= 15 is 0 Å². The number of hydrazone groups is 1. The second kappa shape index (κ2) is 5.91. The Kier molecular flexibility index (Phi) is 3.68. The molecule has 0 amide bonds. The molecule has 1 aromatic carbocycles. The fourth-order valence-electron chi connectivity index (χ4n) is 3.13. The second-order valence-corrected chi connectivity index (χ2v) is 6.31. The summed E-state index contributed by atoms with van der Waals surface area (Å²) in [6.45, 7) is 3.71. The van der Waals surface area contributed by atoms with Crippen molar-refractivity contribution in [1.82, 2.24) is 24.4 Å². The average Bonchev–Trinajstić information content (AvgIpc) is 3.23. The van der Waals surface area contributed by atoms with Gasteiger partial charge in [-0.15, -0.1) is 0 Å². The minimum Gasteiger partial charge on any atom is -0.323 e. The SMILES string of the molecule is C/C(=N\N)c1ccc2ncc(C(C)c3cc4cnn(C)c4cc3F)n2n1. The summed E-state index contributed by atoms with van der Waals surface area (Å²) >= 11 is 0. The first kappa shape index (κ1) is 16.2. The Balaban J connectivity index is 1.85. The van der Waals surface area contributed by atoms with Gasteiger partial charge in [-0.05, 0) is 30.7 Å². The molecule has 1 atom stereocenters. The summed E-state index contributed by atoms with van der Waals surface area (Å²) in [7, 11) is 1.79. The number of fused-ring (bicyclic) bond motifs is 2. The topological polar surface area (TPSA) is 86.4 Å². The van der Waals surface area contributed by atoms with E-state index in [0.29, 0.717) is 22.6 Å². The van der Waals surface area contributed by atoms with Gasteiger partial charge in [0.25, 0.3) is 0 Å². The standard InChI is InChI=1S/C18H18FN7/c1-10(13-6-12-8-22-25(3)16(12)7-14(13)19)17-9-21-18-5-4-15(11(2)23-20)24-26(17)18/h4-10H,20H2,1-3H3/b23-11+. The Morgan fingerprint density at radius 3 is 2.85 bits per heavy atom. The third kappa shape index (κ3) is 2.42. The van der Waals surface area contributed by atoms with E-state index in [1.54, 1.807) is 35.6 Å². The molecule has 4 rings (SSSR count). The van der Waals surface area contributed by atoms with E-state index in [9.17, 15) is 4.39 Å². The Hall–Kier alpha value is -3.29. The number of halogens is 1. The summed E-state index contributed by atoms with van der Waals surface area (Å²) in [6, 6.07) is 7.00. The second-order valence-electron chi connectivity index (χ2n) is 6.31. The minimum atomic E-state index is -0.278. The van der Waals surface area contributed by atoms with Crippen LogP contribution in [-0.2, 0) is 7.05 Å². The molecular weight excluding hydrogens is 333 g/mol. The number of aromatic nitrogens is 5. The van der Waals surface area contributed by atoms with E-state index in [1.807, 2.05) is 25.1 Å². The quantitative estimate of drug-likeness (QED) is 0.349. The molecule has 8 heteroatoms. The molecule has 0 spiro atoms. The lowest BCUT2D eigenvalue weighted by molar-refractivity contribution is 0.599. The summed E-state index contributed by atoms with van der Waals surface area (Å²) in [5.41, 5.74) is 4.06. The van der Waals surface area contributed by atoms with Crippen molar-refractivity contribution in [3.63, 3.8) is 0 Å². The predicted octanol–water partition coefficient (Wildman–Crippen LogP) is 2.59. The van der Waals surface area contributed by atoms with Gasteiger partial charge in [0.2, 0.25) is 0 Å². The first-order chi connectivity index (χ1) is 12.5. The largest absolute Gasteiger partial charge is 0.323 e. The Morgan fingerprint density at radius 1 is 1.27 bits per heavy atom. The highest BCUT2D eigenvalue weighted by molar-refractivity contribution is 5.96. The molecule has 7 nitrogen and oxygen atoms in total. The van der Waals surface area contributed by atoms with Gasteiger partial charge in [-0.25, -0.2) is 13.9 Å². The Bertz CT molecular complexity index is 1160. The van der Waals surface area contributed by atoms with Crippen LogP contribution in [0.25, 0.3) is 16.6 Å². The summed E-state index contributed by atoms with van der Waals surface area (Å²) in [5, 5.41) is 13.3. The number of nitrogens with zero attached hydrogens (tertiary/aromatic N) is 6. The van der Waals surface area contributed by atoms with Crippen molar-refractivity contribution in [1.29, 1.82) is 0 Å². The number of rotatable bonds is 3. The van der Waals surface area contributed by atoms with Crippen LogP contribution in [0.15, 0.2) is 41.8 Å². The summed E-state index contributed by atoms with van der Waals surface area (Å²) in [6.07, 6.45) is 3.45. The van der Waals surface area contributed by atoms with E-state index in [4.69, 9.17) is 5.84 Å². The summed E-state index contributed by atoms with van der Waals surface area (Å²) in [5.74, 6) is 4.83. The first-order valence-corrected chi connectivity index (χ1v) is 8.20. The fourth-order valence-corrected chi connectivity index (χ4v) is 3.13. The predicted molar refractivity (Wildman–Crippen MR) is 97.6 cm³/mol. The lowest BCUT2D eigenvalue weighted by atomic mass is 9.96. The van der Waals surface area contributed by atoms with Gasteiger partial charge in [-0.3, -0.25) is 4.68 Å². The van der Waals surface area contributed by atoms with Crippen molar-refractivity contribution in [2.75, 3.05) is 0 Å². The van der Waals surface area contributed by atoms with Gasteiger partial charge in [0.1, 0.15) is 11.5 Å². The highest BCUT2D eigenvalue weighted by Crippen LogP contribution is 2.29. The van der Waals surface area contributed by atoms with Crippen LogP contribution >= 0.6 is 0 Å². The van der Waals surface area contributed by atoms with Crippen molar-refractivity contribution in [2.45, 2.75) is 19.8 Å². The van der Waals surface area contributed by atoms with Crippen LogP contribution < -0.4 is 5.84 Å². The maximum absolute atomic E-state index is 14.8. The average molecular weight is 351 g/mol. The van der Waals surface area contributed by atoms with E-state index in [0.717, 1.165) is 16.6 Å². The molecule has 0 bridgehead atoms. The molecule has 1 unspecified atom stereocenters. The van der Waals surface area contributed by atoms with Gasteiger partial charge in [0, 0.05) is 24.4 Å². The van der Waals surface area contributed by atoms with Crippen LogP contribution in [-0.4, -0.2) is 30.1 Å². The highest BCUT2D eigenvalue weighted by atomic mass is 19.1. The number of imidazole rings is 1. The van der Waals surface area contributed by atoms with Gasteiger partial charge in [-0.1, -0.05) is 6.92 Å². The zero-order valence-corrected chi connectivity index (χ0v) is 14.7. The fraction of sp³-hybridized carbons (Fsp3) is 0.222. The van der Waals surface area contributed by atoms with Crippen LogP contribution in [0.3, 0.4) is 0 Å². The molecule has 132 valence electrons. The number of benzene rings is 1. The van der Waals surface area contributed by atoms with E-state index in [2.05, 4.69) is 20.3 Å². The molecule has 3 aromatic heterocycles. The number of nitrogens with two attached hydrogens (primary N) is 1.